The van der Waals surface area contributed by atoms with Crippen LogP contribution < -0.4 is 5.32 Å². The molecule has 0 unspecified atom stereocenters. The summed E-state index contributed by atoms with van der Waals surface area (Å²) < 4.78 is 10.3. The number of amides is 2. The fourth-order valence-electron chi connectivity index (χ4n) is 3.87. The summed E-state index contributed by atoms with van der Waals surface area (Å²) >= 11 is 0. The minimum Gasteiger partial charge on any atom is -0.467 e. The molecule has 1 saturated heterocycles. The van der Waals surface area contributed by atoms with Gasteiger partial charge in [-0.15, -0.1) is 0 Å². The first kappa shape index (κ1) is 23.3. The van der Waals surface area contributed by atoms with Crippen molar-refractivity contribution >= 4 is 18.0 Å². The van der Waals surface area contributed by atoms with Crippen molar-refractivity contribution in [2.75, 3.05) is 13.7 Å². The third kappa shape index (κ3) is 6.57. The standard InChI is InChI=1S/C25H30N2O5/c1-31-24(29)21(15-8-14-19-10-4-2-5-11-19)26-23(28)22-16-9-17-27(22)25(30)32-18-20-12-6-3-7-13-20/h2-7,10-13,21-22H,8-9,14-18H2,1H3,(H,26,28)/t21-,22+/m0/s1. The molecule has 1 N–H and O–H groups in total. The van der Waals surface area contributed by atoms with E-state index in [2.05, 4.69) is 5.32 Å². The molecule has 0 saturated carbocycles. The number of ether oxygens (including phenoxy) is 2. The lowest BCUT2D eigenvalue weighted by atomic mass is 10.0. The molecule has 2 amide bonds. The van der Waals surface area contributed by atoms with Gasteiger partial charge in [0.15, 0.2) is 0 Å². The van der Waals surface area contributed by atoms with E-state index in [1.807, 2.05) is 60.7 Å². The molecule has 32 heavy (non-hydrogen) atoms. The lowest BCUT2D eigenvalue weighted by Gasteiger charge is -2.25. The highest BCUT2D eigenvalue weighted by Crippen LogP contribution is 2.20. The highest BCUT2D eigenvalue weighted by molar-refractivity contribution is 5.90. The van der Waals surface area contributed by atoms with Gasteiger partial charge in [-0.2, -0.15) is 0 Å². The summed E-state index contributed by atoms with van der Waals surface area (Å²) in [6.45, 7) is 0.595. The molecule has 0 bridgehead atoms. The van der Waals surface area contributed by atoms with Crippen molar-refractivity contribution in [2.45, 2.75) is 50.8 Å². The van der Waals surface area contributed by atoms with Gasteiger partial charge < -0.3 is 14.8 Å². The van der Waals surface area contributed by atoms with Gasteiger partial charge in [-0.1, -0.05) is 60.7 Å². The molecule has 0 radical (unpaired) electrons. The molecule has 2 aromatic rings. The number of carbonyl (C=O) groups is 3. The Balaban J connectivity index is 1.54. The predicted molar refractivity (Wildman–Crippen MR) is 120 cm³/mol. The average molecular weight is 439 g/mol. The topological polar surface area (TPSA) is 84.9 Å². The van der Waals surface area contributed by atoms with E-state index in [1.165, 1.54) is 17.6 Å². The molecule has 1 aliphatic heterocycles. The number of hydrogen-bond donors (Lipinski definition) is 1. The van der Waals surface area contributed by atoms with Gasteiger partial charge in [0.25, 0.3) is 0 Å². The second-order valence-electron chi connectivity index (χ2n) is 7.85. The van der Waals surface area contributed by atoms with Crippen LogP contribution in [0.2, 0.25) is 0 Å². The fourth-order valence-corrected chi connectivity index (χ4v) is 3.87. The van der Waals surface area contributed by atoms with Gasteiger partial charge in [0, 0.05) is 6.54 Å². The average Bonchev–Trinajstić information content (AvgIpc) is 3.33. The SMILES string of the molecule is COC(=O)[C@H](CCCc1ccccc1)NC(=O)[C@H]1CCCN1C(=O)OCc1ccccc1. The molecule has 2 atom stereocenters. The lowest BCUT2D eigenvalue weighted by molar-refractivity contribution is -0.145. The van der Waals surface area contributed by atoms with Gasteiger partial charge in [0.2, 0.25) is 5.91 Å². The number of carbonyl (C=O) groups excluding carboxylic acids is 3. The molecule has 7 nitrogen and oxygen atoms in total. The number of nitrogens with zero attached hydrogens (tertiary/aromatic N) is 1. The minimum absolute atomic E-state index is 0.148. The third-order valence-corrected chi connectivity index (χ3v) is 5.60. The maximum Gasteiger partial charge on any atom is 0.410 e. The first-order valence-corrected chi connectivity index (χ1v) is 11.0. The quantitative estimate of drug-likeness (QED) is 0.606. The Morgan fingerprint density at radius 2 is 1.69 bits per heavy atom. The summed E-state index contributed by atoms with van der Waals surface area (Å²) in [6, 6.07) is 17.9. The molecule has 2 aromatic carbocycles. The summed E-state index contributed by atoms with van der Waals surface area (Å²) in [7, 11) is 1.31. The number of hydrogen-bond acceptors (Lipinski definition) is 5. The molecule has 0 spiro atoms. The van der Waals surface area contributed by atoms with Crippen LogP contribution in [0, 0.1) is 0 Å². The molecule has 170 valence electrons. The summed E-state index contributed by atoms with van der Waals surface area (Å²) in [5, 5.41) is 2.79. The number of nitrogens with one attached hydrogen (secondary N) is 1. The van der Waals surface area contributed by atoms with Crippen molar-refractivity contribution in [3.8, 4) is 0 Å². The Bertz CT molecular complexity index is 888. The highest BCUT2D eigenvalue weighted by Gasteiger charge is 2.36. The van der Waals surface area contributed by atoms with Gasteiger partial charge in [-0.3, -0.25) is 9.69 Å². The van der Waals surface area contributed by atoms with E-state index in [0.29, 0.717) is 25.8 Å². The first-order chi connectivity index (χ1) is 15.6. The van der Waals surface area contributed by atoms with Crippen molar-refractivity contribution < 1.29 is 23.9 Å². The van der Waals surface area contributed by atoms with Crippen molar-refractivity contribution in [2.24, 2.45) is 0 Å². The van der Waals surface area contributed by atoms with Crippen LogP contribution in [0.25, 0.3) is 0 Å². The highest BCUT2D eigenvalue weighted by atomic mass is 16.6. The van der Waals surface area contributed by atoms with Crippen LogP contribution in [0.4, 0.5) is 4.79 Å². The molecule has 0 aliphatic carbocycles. The summed E-state index contributed by atoms with van der Waals surface area (Å²) in [6.07, 6.45) is 2.69. The molecule has 0 aromatic heterocycles. The van der Waals surface area contributed by atoms with Crippen LogP contribution >= 0.6 is 0 Å². The third-order valence-electron chi connectivity index (χ3n) is 5.60. The monoisotopic (exact) mass is 438 g/mol. The summed E-state index contributed by atoms with van der Waals surface area (Å²) in [5.74, 6) is -0.836. The van der Waals surface area contributed by atoms with E-state index in [4.69, 9.17) is 9.47 Å². The van der Waals surface area contributed by atoms with Crippen molar-refractivity contribution in [1.82, 2.24) is 10.2 Å². The minimum atomic E-state index is -0.751. The van der Waals surface area contributed by atoms with E-state index in [0.717, 1.165) is 18.4 Å². The van der Waals surface area contributed by atoms with E-state index < -0.39 is 24.1 Å². The zero-order valence-corrected chi connectivity index (χ0v) is 18.4. The van der Waals surface area contributed by atoms with Gasteiger partial charge in [0.05, 0.1) is 7.11 Å². The van der Waals surface area contributed by atoms with Crippen LogP contribution in [-0.4, -0.2) is 48.6 Å². The van der Waals surface area contributed by atoms with Gasteiger partial charge in [0.1, 0.15) is 18.7 Å². The normalized spacial score (nSPS) is 16.3. The molecule has 7 heteroatoms. The molecule has 3 rings (SSSR count). The number of rotatable bonds is 9. The van der Waals surface area contributed by atoms with Crippen LogP contribution in [0.3, 0.4) is 0 Å². The number of methoxy groups -OCH3 is 1. The molecule has 1 aliphatic rings. The van der Waals surface area contributed by atoms with Gasteiger partial charge >= 0.3 is 12.1 Å². The maximum atomic E-state index is 12.9. The van der Waals surface area contributed by atoms with Crippen molar-refractivity contribution in [1.29, 1.82) is 0 Å². The van der Waals surface area contributed by atoms with E-state index >= 15 is 0 Å². The van der Waals surface area contributed by atoms with Crippen LogP contribution in [-0.2, 0) is 32.1 Å². The van der Waals surface area contributed by atoms with E-state index in [9.17, 15) is 14.4 Å². The Morgan fingerprint density at radius 3 is 2.34 bits per heavy atom. The number of likely N-dealkylation sites (tertiary alicyclic amines) is 1. The lowest BCUT2D eigenvalue weighted by Crippen LogP contribution is -2.51. The largest absolute Gasteiger partial charge is 0.467 e. The number of aryl methyl sites for hydroxylation is 1. The zero-order valence-electron chi connectivity index (χ0n) is 18.4. The zero-order chi connectivity index (χ0) is 22.8. The Kier molecular flexibility index (Phi) is 8.66. The fraction of sp³-hybridized carbons (Fsp3) is 0.400. The van der Waals surface area contributed by atoms with Gasteiger partial charge in [-0.05, 0) is 43.2 Å². The first-order valence-electron chi connectivity index (χ1n) is 11.0. The van der Waals surface area contributed by atoms with Crippen LogP contribution in [0.15, 0.2) is 60.7 Å². The Labute approximate surface area is 188 Å². The predicted octanol–water partition coefficient (Wildman–Crippen LogP) is 3.47. The second kappa shape index (κ2) is 11.9. The van der Waals surface area contributed by atoms with Crippen molar-refractivity contribution in [3.05, 3.63) is 71.8 Å². The second-order valence-corrected chi connectivity index (χ2v) is 7.85. The number of esters is 1. The maximum absolute atomic E-state index is 12.9. The van der Waals surface area contributed by atoms with E-state index in [-0.39, 0.29) is 12.5 Å². The Hall–Kier alpha value is -3.35. The molecule has 1 heterocycles. The Morgan fingerprint density at radius 1 is 1.03 bits per heavy atom. The van der Waals surface area contributed by atoms with Crippen LogP contribution in [0.5, 0.6) is 0 Å². The van der Waals surface area contributed by atoms with Crippen molar-refractivity contribution in [3.63, 3.8) is 0 Å². The summed E-state index contributed by atoms with van der Waals surface area (Å²) in [4.78, 5) is 39.2. The summed E-state index contributed by atoms with van der Waals surface area (Å²) in [5.41, 5.74) is 2.05. The molecule has 1 fully saturated rings. The van der Waals surface area contributed by atoms with Crippen LogP contribution in [0.1, 0.15) is 36.8 Å². The molecular formula is C25H30N2O5. The molecular weight excluding hydrogens is 408 g/mol. The van der Waals surface area contributed by atoms with E-state index in [1.54, 1.807) is 0 Å². The van der Waals surface area contributed by atoms with Gasteiger partial charge in [-0.25, -0.2) is 9.59 Å². The number of benzene rings is 2. The smallest absolute Gasteiger partial charge is 0.410 e.